The third kappa shape index (κ3) is 5.38. The zero-order valence-electron chi connectivity index (χ0n) is 21.2. The van der Waals surface area contributed by atoms with Crippen LogP contribution in [0.1, 0.15) is 29.7 Å². The molecule has 38 heavy (non-hydrogen) atoms. The van der Waals surface area contributed by atoms with E-state index in [1.54, 1.807) is 18.3 Å². The summed E-state index contributed by atoms with van der Waals surface area (Å²) in [5.74, 6) is 0.410. The molecule has 5 aromatic rings. The summed E-state index contributed by atoms with van der Waals surface area (Å²) >= 11 is 0. The molecule has 2 aromatic carbocycles. The van der Waals surface area contributed by atoms with Crippen LogP contribution >= 0.6 is 0 Å². The lowest BCUT2D eigenvalue weighted by atomic mass is 10.0. The maximum atomic E-state index is 13.5. The summed E-state index contributed by atoms with van der Waals surface area (Å²) in [6, 6.07) is 20.7. The van der Waals surface area contributed by atoms with Crippen molar-refractivity contribution in [1.82, 2.24) is 24.3 Å². The summed E-state index contributed by atoms with van der Waals surface area (Å²) < 4.78 is 42.5. The Morgan fingerprint density at radius 2 is 1.74 bits per heavy atom. The van der Waals surface area contributed by atoms with Gasteiger partial charge in [0.2, 0.25) is 5.95 Å². The largest absolute Gasteiger partial charge is 0.416 e. The van der Waals surface area contributed by atoms with Crippen LogP contribution in [0.15, 0.2) is 85.2 Å². The second-order valence-corrected chi connectivity index (χ2v) is 9.43. The van der Waals surface area contributed by atoms with Crippen LogP contribution < -0.4 is 5.32 Å². The average Bonchev–Trinajstić information content (AvgIpc) is 3.27. The smallest absolute Gasteiger partial charge is 0.348 e. The van der Waals surface area contributed by atoms with E-state index >= 15 is 0 Å². The van der Waals surface area contributed by atoms with Crippen LogP contribution in [0.4, 0.5) is 19.1 Å². The van der Waals surface area contributed by atoms with Crippen LogP contribution in [-0.4, -0.2) is 38.3 Å². The highest BCUT2D eigenvalue weighted by Crippen LogP contribution is 2.36. The lowest BCUT2D eigenvalue weighted by Gasteiger charge is -2.15. The molecule has 0 saturated heterocycles. The molecule has 0 amide bonds. The van der Waals surface area contributed by atoms with E-state index < -0.39 is 11.7 Å². The van der Waals surface area contributed by atoms with Crippen LogP contribution in [0.5, 0.6) is 0 Å². The summed E-state index contributed by atoms with van der Waals surface area (Å²) in [5.41, 5.74) is 3.91. The molecule has 0 aliphatic heterocycles. The molecule has 0 spiro atoms. The van der Waals surface area contributed by atoms with Crippen molar-refractivity contribution in [3.8, 4) is 22.6 Å². The van der Waals surface area contributed by atoms with Crippen molar-refractivity contribution in [3.05, 3.63) is 102 Å². The monoisotopic (exact) mass is 516 g/mol. The quantitative estimate of drug-likeness (QED) is 0.261. The van der Waals surface area contributed by atoms with Gasteiger partial charge in [0, 0.05) is 24.5 Å². The first-order valence-electron chi connectivity index (χ1n) is 12.2. The predicted molar refractivity (Wildman–Crippen MR) is 143 cm³/mol. The maximum Gasteiger partial charge on any atom is 0.416 e. The number of anilines is 1. The molecule has 1 N–H and O–H groups in total. The number of pyridine rings is 1. The first kappa shape index (κ1) is 25.4. The molecule has 0 fully saturated rings. The number of hydrogen-bond acceptors (Lipinski definition) is 5. The van der Waals surface area contributed by atoms with Crippen molar-refractivity contribution in [2.24, 2.45) is 0 Å². The number of nitrogens with zero attached hydrogens (tertiary/aromatic N) is 5. The van der Waals surface area contributed by atoms with E-state index in [9.17, 15) is 13.2 Å². The number of alkyl halides is 3. The minimum Gasteiger partial charge on any atom is -0.348 e. The first-order valence-corrected chi connectivity index (χ1v) is 12.2. The molecule has 3 aromatic heterocycles. The van der Waals surface area contributed by atoms with E-state index in [0.29, 0.717) is 40.8 Å². The van der Waals surface area contributed by atoms with E-state index in [2.05, 4.69) is 10.3 Å². The van der Waals surface area contributed by atoms with Crippen LogP contribution in [0.25, 0.3) is 28.3 Å². The molecular weight excluding hydrogens is 489 g/mol. The van der Waals surface area contributed by atoms with Gasteiger partial charge in [-0.05, 0) is 56.4 Å². The number of nitrogens with one attached hydrogen (secondary N) is 1. The van der Waals surface area contributed by atoms with Gasteiger partial charge in [-0.3, -0.25) is 4.40 Å². The molecule has 6 nitrogen and oxygen atoms in total. The van der Waals surface area contributed by atoms with Crippen LogP contribution in [0.3, 0.4) is 0 Å². The van der Waals surface area contributed by atoms with Gasteiger partial charge < -0.3 is 10.2 Å². The van der Waals surface area contributed by atoms with Crippen molar-refractivity contribution in [2.45, 2.75) is 25.7 Å². The van der Waals surface area contributed by atoms with Crippen LogP contribution in [0, 0.1) is 0 Å². The first-order chi connectivity index (χ1) is 18.2. The van der Waals surface area contributed by atoms with E-state index in [1.165, 1.54) is 6.07 Å². The van der Waals surface area contributed by atoms with Gasteiger partial charge in [0.1, 0.15) is 5.65 Å². The molecule has 3 heterocycles. The highest BCUT2D eigenvalue weighted by Gasteiger charge is 2.31. The molecule has 9 heteroatoms. The molecule has 0 radical (unpaired) electrons. The SMILES string of the molecule is C[C@H](Nc1nccc(-c2c(-c3cccc(C(F)(F)F)c3)nc3ccc(CN(C)C)cn23)n1)c1ccccc1. The van der Waals surface area contributed by atoms with Crippen LogP contribution in [-0.2, 0) is 12.7 Å². The van der Waals surface area contributed by atoms with Gasteiger partial charge in [-0.2, -0.15) is 13.2 Å². The second-order valence-electron chi connectivity index (χ2n) is 9.43. The molecule has 0 aliphatic carbocycles. The van der Waals surface area contributed by atoms with E-state index in [0.717, 1.165) is 23.3 Å². The number of rotatable bonds is 7. The van der Waals surface area contributed by atoms with Gasteiger partial charge in [-0.1, -0.05) is 48.5 Å². The fourth-order valence-electron chi connectivity index (χ4n) is 4.42. The van der Waals surface area contributed by atoms with Crippen molar-refractivity contribution in [1.29, 1.82) is 0 Å². The van der Waals surface area contributed by atoms with Crippen molar-refractivity contribution in [2.75, 3.05) is 19.4 Å². The van der Waals surface area contributed by atoms with E-state index in [-0.39, 0.29) is 6.04 Å². The Bertz CT molecular complexity index is 1560. The highest BCUT2D eigenvalue weighted by atomic mass is 19.4. The predicted octanol–water partition coefficient (Wildman–Crippen LogP) is 6.71. The number of aromatic nitrogens is 4. The number of benzene rings is 2. The zero-order valence-corrected chi connectivity index (χ0v) is 21.2. The molecular formula is C29H27F3N6. The number of halogens is 3. The minimum atomic E-state index is -4.46. The fourth-order valence-corrected chi connectivity index (χ4v) is 4.42. The Morgan fingerprint density at radius 3 is 2.47 bits per heavy atom. The van der Waals surface area contributed by atoms with Gasteiger partial charge in [-0.25, -0.2) is 15.0 Å². The van der Waals surface area contributed by atoms with Gasteiger partial charge in [0.25, 0.3) is 0 Å². The summed E-state index contributed by atoms with van der Waals surface area (Å²) in [6.07, 6.45) is -0.869. The third-order valence-corrected chi connectivity index (χ3v) is 6.19. The van der Waals surface area contributed by atoms with E-state index in [1.807, 2.05) is 79.0 Å². The van der Waals surface area contributed by atoms with Gasteiger partial charge in [-0.15, -0.1) is 0 Å². The summed E-state index contributed by atoms with van der Waals surface area (Å²) in [6.45, 7) is 2.71. The highest BCUT2D eigenvalue weighted by molar-refractivity contribution is 5.81. The number of hydrogen-bond donors (Lipinski definition) is 1. The molecule has 5 rings (SSSR count). The Kier molecular flexibility index (Phi) is 6.86. The normalized spacial score (nSPS) is 12.7. The van der Waals surface area contributed by atoms with Gasteiger partial charge >= 0.3 is 6.18 Å². The maximum absolute atomic E-state index is 13.5. The molecule has 0 unspecified atom stereocenters. The Morgan fingerprint density at radius 1 is 0.947 bits per heavy atom. The molecule has 0 bridgehead atoms. The zero-order chi connectivity index (χ0) is 26.9. The Balaban J connectivity index is 1.64. The van der Waals surface area contributed by atoms with Crippen molar-refractivity contribution < 1.29 is 13.2 Å². The minimum absolute atomic E-state index is 0.0525. The lowest BCUT2D eigenvalue weighted by molar-refractivity contribution is -0.137. The van der Waals surface area contributed by atoms with Crippen molar-refractivity contribution >= 4 is 11.6 Å². The summed E-state index contributed by atoms with van der Waals surface area (Å²) in [7, 11) is 3.95. The average molecular weight is 517 g/mol. The molecule has 0 aliphatic rings. The molecule has 1 atom stereocenters. The standard InChI is InChI=1S/C29H27F3N6/c1-19(21-8-5-4-6-9-21)34-28-33-15-14-24(35-28)27-26(22-10-7-11-23(16-22)29(30,31)32)36-25-13-12-20(17-37(2)3)18-38(25)27/h4-16,18-19H,17H2,1-3H3,(H,33,34,35)/t19-/m0/s1. The third-order valence-electron chi connectivity index (χ3n) is 6.19. The summed E-state index contributed by atoms with van der Waals surface area (Å²) in [4.78, 5) is 15.9. The lowest BCUT2D eigenvalue weighted by Crippen LogP contribution is -2.11. The fraction of sp³-hybridized carbons (Fsp3) is 0.207. The number of fused-ring (bicyclic) bond motifs is 1. The summed E-state index contributed by atoms with van der Waals surface area (Å²) in [5, 5.41) is 3.33. The van der Waals surface area contributed by atoms with Crippen LogP contribution in [0.2, 0.25) is 0 Å². The molecule has 194 valence electrons. The van der Waals surface area contributed by atoms with Gasteiger partial charge in [0.05, 0.1) is 28.7 Å². The van der Waals surface area contributed by atoms with Gasteiger partial charge in [0.15, 0.2) is 0 Å². The Hall–Kier alpha value is -4.24. The van der Waals surface area contributed by atoms with Crippen molar-refractivity contribution in [3.63, 3.8) is 0 Å². The van der Waals surface area contributed by atoms with E-state index in [4.69, 9.17) is 9.97 Å². The Labute approximate surface area is 218 Å². The second kappa shape index (κ2) is 10.3. The number of imidazole rings is 1. The topological polar surface area (TPSA) is 58.4 Å². The molecule has 0 saturated carbocycles.